The number of nitrogens with zero attached hydrogens (tertiary/aromatic N) is 3. The summed E-state index contributed by atoms with van der Waals surface area (Å²) < 4.78 is 12.0. The fraction of sp³-hybridized carbons (Fsp3) is 0.464. The van der Waals surface area contributed by atoms with Crippen molar-refractivity contribution in [3.8, 4) is 0 Å². The van der Waals surface area contributed by atoms with Crippen molar-refractivity contribution in [1.29, 1.82) is 0 Å². The molecule has 2 saturated heterocycles. The molecule has 2 bridgehead atoms. The fourth-order valence-electron chi connectivity index (χ4n) is 6.74. The summed E-state index contributed by atoms with van der Waals surface area (Å²) in [5.74, 6) is 0.782. The van der Waals surface area contributed by atoms with Crippen LogP contribution in [0.2, 0.25) is 0 Å². The summed E-state index contributed by atoms with van der Waals surface area (Å²) in [6.45, 7) is 8.52. The maximum Gasteiger partial charge on any atom is 0.254 e. The molecule has 3 aliphatic rings. The lowest BCUT2D eigenvalue weighted by atomic mass is 9.51. The van der Waals surface area contributed by atoms with Gasteiger partial charge in [-0.15, -0.1) is 0 Å². The third-order valence-electron chi connectivity index (χ3n) is 9.25. The fourth-order valence-corrected chi connectivity index (χ4v) is 6.74. The van der Waals surface area contributed by atoms with E-state index in [4.69, 9.17) is 14.1 Å². The van der Waals surface area contributed by atoms with Crippen LogP contribution < -0.4 is 0 Å². The molecule has 7 rings (SSSR count). The van der Waals surface area contributed by atoms with Gasteiger partial charge in [0.2, 0.25) is 5.89 Å². The maximum atomic E-state index is 13.8. The van der Waals surface area contributed by atoms with E-state index in [0.29, 0.717) is 11.5 Å². The lowest BCUT2D eigenvalue weighted by Crippen LogP contribution is -2.64. The van der Waals surface area contributed by atoms with E-state index in [0.717, 1.165) is 61.0 Å². The van der Waals surface area contributed by atoms with Crippen LogP contribution >= 0.6 is 0 Å². The summed E-state index contributed by atoms with van der Waals surface area (Å²) in [7, 11) is 0. The first-order valence-electron chi connectivity index (χ1n) is 12.6. The van der Waals surface area contributed by atoms with E-state index in [2.05, 4.69) is 47.8 Å². The van der Waals surface area contributed by atoms with Crippen LogP contribution in [0.1, 0.15) is 73.5 Å². The van der Waals surface area contributed by atoms with Crippen LogP contribution in [0, 0.1) is 5.41 Å². The monoisotopic (exact) mass is 470 g/mol. The van der Waals surface area contributed by atoms with Crippen molar-refractivity contribution in [1.82, 2.24) is 19.9 Å². The normalized spacial score (nSPS) is 27.5. The number of carbonyl (C=O) groups is 1. The Kier molecular flexibility index (Phi) is 4.32. The van der Waals surface area contributed by atoms with E-state index in [-0.39, 0.29) is 28.9 Å². The number of ether oxygens (including phenoxy) is 1. The van der Waals surface area contributed by atoms with Crippen molar-refractivity contribution in [2.75, 3.05) is 13.2 Å². The van der Waals surface area contributed by atoms with Gasteiger partial charge in [0.25, 0.3) is 5.91 Å². The highest BCUT2D eigenvalue weighted by Crippen LogP contribution is 2.56. The van der Waals surface area contributed by atoms with E-state index in [9.17, 15) is 4.79 Å². The van der Waals surface area contributed by atoms with Gasteiger partial charge in [-0.3, -0.25) is 4.79 Å². The molecule has 7 nitrogen and oxygen atoms in total. The Labute approximate surface area is 203 Å². The lowest BCUT2D eigenvalue weighted by Gasteiger charge is -2.60. The number of likely N-dealkylation sites (tertiary alicyclic amines) is 1. The number of amides is 1. The Morgan fingerprint density at radius 1 is 1.17 bits per heavy atom. The molecular weight excluding hydrogens is 440 g/mol. The molecule has 1 aliphatic carbocycles. The Balaban J connectivity index is 1.29. The lowest BCUT2D eigenvalue weighted by molar-refractivity contribution is -0.0261. The number of hydrogen-bond donors (Lipinski definition) is 1. The topological polar surface area (TPSA) is 84.2 Å². The first-order valence-corrected chi connectivity index (χ1v) is 12.6. The number of carbonyl (C=O) groups excluding carboxylic acids is 1. The first-order chi connectivity index (χ1) is 16.8. The summed E-state index contributed by atoms with van der Waals surface area (Å²) in [5.41, 5.74) is 6.66. The van der Waals surface area contributed by atoms with Gasteiger partial charge in [0, 0.05) is 30.2 Å². The molecule has 180 valence electrons. The van der Waals surface area contributed by atoms with Crippen molar-refractivity contribution < 1.29 is 13.9 Å². The number of hydrogen-bond acceptors (Lipinski definition) is 5. The number of piperidine rings is 1. The zero-order valence-electron chi connectivity index (χ0n) is 20.4. The molecule has 3 atom stereocenters. The average molecular weight is 471 g/mol. The Bertz CT molecular complexity index is 1480. The number of nitrogens with one attached hydrogen (secondary N) is 1. The minimum absolute atomic E-state index is 0.0361. The number of fused-ring (bicyclic) bond motifs is 6. The van der Waals surface area contributed by atoms with Crippen molar-refractivity contribution in [3.05, 3.63) is 59.2 Å². The standard InChI is InChI=1S/C28H30N4O3/c1-27(2)24-13-17-12-23-21(31-25(35-23)22-5-4-10-34-22)14-18(17)28(27,3)8-9-32(24)26(33)16-6-7-19-20(11-16)30-15-29-19/h6-7,11-12,14-15,22,24H,4-5,8-10,13H2,1-3H3,(H,29,30)/t22?,24-,28+/m1/s1. The average Bonchev–Trinajstić information content (AvgIpc) is 3.60. The molecule has 2 aliphatic heterocycles. The minimum Gasteiger partial charge on any atom is -0.438 e. The van der Waals surface area contributed by atoms with Crippen LogP contribution in [0.4, 0.5) is 0 Å². The van der Waals surface area contributed by atoms with Crippen LogP contribution in [0.3, 0.4) is 0 Å². The summed E-state index contributed by atoms with van der Waals surface area (Å²) in [5, 5.41) is 0. The van der Waals surface area contributed by atoms with Crippen LogP contribution in [0.5, 0.6) is 0 Å². The number of oxazole rings is 1. The SMILES string of the molecule is CC1(C)[C@H]2Cc3cc4oc(C5CCCO5)nc4cc3[C@]1(C)CCN2C(=O)c1ccc2nc[nH]c2c1. The first kappa shape index (κ1) is 21.1. The second kappa shape index (κ2) is 7.17. The molecule has 2 fully saturated rings. The Morgan fingerprint density at radius 3 is 2.89 bits per heavy atom. The molecule has 1 amide bonds. The molecule has 4 heterocycles. The summed E-state index contributed by atoms with van der Waals surface area (Å²) in [6, 6.07) is 10.2. The van der Waals surface area contributed by atoms with Gasteiger partial charge in [0.05, 0.1) is 17.4 Å². The van der Waals surface area contributed by atoms with Crippen molar-refractivity contribution in [2.24, 2.45) is 5.41 Å². The van der Waals surface area contributed by atoms with Crippen LogP contribution in [-0.4, -0.2) is 45.0 Å². The van der Waals surface area contributed by atoms with Gasteiger partial charge in [-0.2, -0.15) is 0 Å². The van der Waals surface area contributed by atoms with E-state index in [1.165, 1.54) is 11.1 Å². The third kappa shape index (κ3) is 2.91. The number of aromatic amines is 1. The highest BCUT2D eigenvalue weighted by atomic mass is 16.5. The number of H-pyrrole nitrogens is 1. The second-order valence-electron chi connectivity index (χ2n) is 11.2. The van der Waals surface area contributed by atoms with Crippen LogP contribution in [0.25, 0.3) is 22.1 Å². The van der Waals surface area contributed by atoms with E-state index in [1.54, 1.807) is 6.33 Å². The van der Waals surface area contributed by atoms with Crippen molar-refractivity contribution in [3.63, 3.8) is 0 Å². The molecule has 35 heavy (non-hydrogen) atoms. The van der Waals surface area contributed by atoms with Gasteiger partial charge in [-0.1, -0.05) is 20.8 Å². The molecule has 0 spiro atoms. The van der Waals surface area contributed by atoms with Gasteiger partial charge in [-0.05, 0) is 72.6 Å². The molecule has 1 N–H and O–H groups in total. The van der Waals surface area contributed by atoms with Gasteiger partial charge in [-0.25, -0.2) is 9.97 Å². The quantitative estimate of drug-likeness (QED) is 0.429. The smallest absolute Gasteiger partial charge is 0.254 e. The molecule has 7 heteroatoms. The minimum atomic E-state index is -0.0964. The molecular formula is C28H30N4O3. The Hall–Kier alpha value is -3.19. The van der Waals surface area contributed by atoms with Crippen LogP contribution in [0.15, 0.2) is 41.1 Å². The maximum absolute atomic E-state index is 13.8. The van der Waals surface area contributed by atoms with Crippen molar-refractivity contribution in [2.45, 2.75) is 64.0 Å². The Morgan fingerprint density at radius 2 is 2.06 bits per heavy atom. The number of aromatic nitrogens is 3. The summed E-state index contributed by atoms with van der Waals surface area (Å²) >= 11 is 0. The number of benzene rings is 2. The van der Waals surface area contributed by atoms with Gasteiger partial charge in [0.15, 0.2) is 5.58 Å². The largest absolute Gasteiger partial charge is 0.438 e. The summed E-state index contributed by atoms with van der Waals surface area (Å²) in [4.78, 5) is 28.1. The molecule has 1 unspecified atom stereocenters. The van der Waals surface area contributed by atoms with Gasteiger partial charge < -0.3 is 19.0 Å². The predicted octanol–water partition coefficient (Wildman–Crippen LogP) is 5.31. The molecule has 4 aromatic rings. The zero-order chi connectivity index (χ0) is 23.9. The molecule has 2 aromatic carbocycles. The molecule has 0 radical (unpaired) electrons. The molecule has 0 saturated carbocycles. The predicted molar refractivity (Wildman–Crippen MR) is 132 cm³/mol. The number of rotatable bonds is 2. The summed E-state index contributed by atoms with van der Waals surface area (Å²) in [6.07, 6.45) is 5.35. The van der Waals surface area contributed by atoms with E-state index >= 15 is 0 Å². The van der Waals surface area contributed by atoms with Gasteiger partial charge in [0.1, 0.15) is 11.6 Å². The van der Waals surface area contributed by atoms with E-state index in [1.807, 2.05) is 18.2 Å². The third-order valence-corrected chi connectivity index (χ3v) is 9.25. The van der Waals surface area contributed by atoms with Crippen LogP contribution in [-0.2, 0) is 16.6 Å². The van der Waals surface area contributed by atoms with Gasteiger partial charge >= 0.3 is 0 Å². The molecule has 2 aromatic heterocycles. The highest BCUT2D eigenvalue weighted by molar-refractivity contribution is 5.97. The zero-order valence-corrected chi connectivity index (χ0v) is 20.4. The second-order valence-corrected chi connectivity index (χ2v) is 11.2. The van der Waals surface area contributed by atoms with Crippen molar-refractivity contribution >= 4 is 28.0 Å². The van der Waals surface area contributed by atoms with E-state index < -0.39 is 0 Å². The number of imidazole rings is 1. The highest BCUT2D eigenvalue weighted by Gasteiger charge is 2.57.